The van der Waals surface area contributed by atoms with Gasteiger partial charge in [-0.15, -0.1) is 0 Å². The maximum absolute atomic E-state index is 6.36. The van der Waals surface area contributed by atoms with E-state index in [-0.39, 0.29) is 0 Å². The zero-order valence-corrected chi connectivity index (χ0v) is 19.0. The minimum atomic E-state index is -2.62. The first kappa shape index (κ1) is 20.7. The van der Waals surface area contributed by atoms with Crippen LogP contribution in [0.1, 0.15) is 13.3 Å². The second-order valence-corrected chi connectivity index (χ2v) is 23.4. The summed E-state index contributed by atoms with van der Waals surface area (Å²) >= 11 is 0. The third kappa shape index (κ3) is 10.4. The molecule has 1 atom stereocenters. The Kier molecular flexibility index (Phi) is 7.57. The molecule has 0 bridgehead atoms. The van der Waals surface area contributed by atoms with Gasteiger partial charge in [0, 0.05) is 13.2 Å². The quantitative estimate of drug-likeness (QED) is 0.575. The van der Waals surface area contributed by atoms with Crippen LogP contribution in [0.25, 0.3) is 0 Å². The summed E-state index contributed by atoms with van der Waals surface area (Å²) in [5.74, 6) is 0. The van der Waals surface area contributed by atoms with E-state index in [2.05, 4.69) is 59.3 Å². The summed E-state index contributed by atoms with van der Waals surface area (Å²) in [5, 5.41) is 0. The second kappa shape index (κ2) is 7.31. The largest absolute Gasteiger partial charge is 0.478 e. The lowest BCUT2D eigenvalue weighted by molar-refractivity contribution is 0.156. The van der Waals surface area contributed by atoms with Gasteiger partial charge in [0.15, 0.2) is 16.6 Å². The van der Waals surface area contributed by atoms with E-state index in [1.165, 1.54) is 0 Å². The van der Waals surface area contributed by atoms with Crippen LogP contribution < -0.4 is 0 Å². The maximum Gasteiger partial charge on any atom is 0.478 e. The van der Waals surface area contributed by atoms with E-state index >= 15 is 0 Å². The van der Waals surface area contributed by atoms with Crippen molar-refractivity contribution < 1.29 is 16.8 Å². The van der Waals surface area contributed by atoms with Crippen molar-refractivity contribution in [1.29, 1.82) is 0 Å². The molecule has 0 fully saturated rings. The van der Waals surface area contributed by atoms with Crippen LogP contribution in [-0.4, -0.2) is 40.6 Å². The molecule has 0 saturated heterocycles. The first-order valence-electron chi connectivity index (χ1n) is 7.42. The second-order valence-electron chi connectivity index (χ2n) is 7.64. The van der Waals surface area contributed by atoms with Gasteiger partial charge in [-0.1, -0.05) is 6.92 Å². The molecule has 0 N–H and O–H groups in total. The van der Waals surface area contributed by atoms with Crippen LogP contribution in [0.4, 0.5) is 0 Å². The fourth-order valence-corrected chi connectivity index (χ4v) is 18.2. The van der Waals surface area contributed by atoms with E-state index in [4.69, 9.17) is 16.8 Å². The topological polar surface area (TPSA) is 36.9 Å². The van der Waals surface area contributed by atoms with E-state index in [1.807, 2.05) is 6.55 Å². The highest BCUT2D eigenvalue weighted by Gasteiger charge is 2.46. The zero-order valence-electron chi connectivity index (χ0n) is 15.0. The summed E-state index contributed by atoms with van der Waals surface area (Å²) in [6.45, 7) is 22.1. The lowest BCUT2D eigenvalue weighted by Gasteiger charge is -2.40. The normalized spacial score (nSPS) is 17.1. The molecule has 0 aromatic heterocycles. The number of hydrogen-bond donors (Lipinski definition) is 0. The molecular weight excluding hydrogens is 320 g/mol. The molecule has 0 aliphatic heterocycles. The van der Waals surface area contributed by atoms with E-state index in [1.54, 1.807) is 0 Å². The molecule has 20 heavy (non-hydrogen) atoms. The van der Waals surface area contributed by atoms with Crippen molar-refractivity contribution in [3.63, 3.8) is 0 Å². The summed E-state index contributed by atoms with van der Waals surface area (Å²) in [6, 6.07) is 0. The summed E-state index contributed by atoms with van der Waals surface area (Å²) in [4.78, 5) is 0. The highest BCUT2D eigenvalue weighted by molar-refractivity contribution is 6.87. The minimum absolute atomic E-state index is 0.685. The Morgan fingerprint density at radius 3 is 1.45 bits per heavy atom. The van der Waals surface area contributed by atoms with Crippen molar-refractivity contribution in [1.82, 2.24) is 0 Å². The summed E-state index contributed by atoms with van der Waals surface area (Å²) in [5.41, 5.74) is 0. The molecule has 8 heteroatoms. The van der Waals surface area contributed by atoms with Crippen LogP contribution in [-0.2, 0) is 16.8 Å². The van der Waals surface area contributed by atoms with Crippen molar-refractivity contribution in [3.8, 4) is 0 Å². The van der Waals surface area contributed by atoms with Crippen molar-refractivity contribution in [2.45, 2.75) is 72.3 Å². The molecule has 0 aliphatic carbocycles. The molecule has 0 heterocycles. The Bertz CT molecular complexity index is 299. The van der Waals surface area contributed by atoms with Gasteiger partial charge in [0.05, 0.1) is 0 Å². The molecule has 4 nitrogen and oxygen atoms in total. The van der Waals surface area contributed by atoms with Crippen molar-refractivity contribution >= 4 is 34.0 Å². The Hall–Kier alpha value is 0.708. The van der Waals surface area contributed by atoms with Crippen LogP contribution in [0.2, 0.25) is 58.9 Å². The van der Waals surface area contributed by atoms with Crippen molar-refractivity contribution in [3.05, 3.63) is 0 Å². The predicted octanol–water partition coefficient (Wildman–Crippen LogP) is 4.40. The van der Waals surface area contributed by atoms with E-state index in [9.17, 15) is 0 Å². The van der Waals surface area contributed by atoms with E-state index in [0.29, 0.717) is 6.61 Å². The molecule has 0 aromatic carbocycles. The molecule has 0 aliphatic rings. The molecule has 122 valence electrons. The third-order valence-electron chi connectivity index (χ3n) is 2.04. The maximum atomic E-state index is 6.36. The SMILES string of the molecule is CCCO[Si](C)(O[Si](C)(C)C)O[Si](C)(C)O[Si](C)(C)C. The summed E-state index contributed by atoms with van der Waals surface area (Å²) in [7, 11) is -8.18. The highest BCUT2D eigenvalue weighted by atomic mass is 28.5. The Morgan fingerprint density at radius 2 is 1.10 bits per heavy atom. The van der Waals surface area contributed by atoms with Gasteiger partial charge in [-0.25, -0.2) is 0 Å². The lowest BCUT2D eigenvalue weighted by atomic mass is 10.5. The first-order valence-corrected chi connectivity index (χ1v) is 19.3. The average molecular weight is 355 g/mol. The summed E-state index contributed by atoms with van der Waals surface area (Å²) < 4.78 is 24.9. The van der Waals surface area contributed by atoms with Crippen LogP contribution in [0.5, 0.6) is 0 Å². The van der Waals surface area contributed by atoms with Crippen molar-refractivity contribution in [2.75, 3.05) is 6.61 Å². The van der Waals surface area contributed by atoms with Crippen LogP contribution in [0.15, 0.2) is 0 Å². The Labute approximate surface area is 130 Å². The summed E-state index contributed by atoms with van der Waals surface area (Å²) in [6.07, 6.45) is 0.970. The van der Waals surface area contributed by atoms with Crippen LogP contribution >= 0.6 is 0 Å². The Morgan fingerprint density at radius 1 is 0.650 bits per heavy atom. The van der Waals surface area contributed by atoms with Gasteiger partial charge < -0.3 is 16.8 Å². The number of rotatable bonds is 9. The van der Waals surface area contributed by atoms with Gasteiger partial charge >= 0.3 is 17.4 Å². The van der Waals surface area contributed by atoms with E-state index < -0.39 is 34.0 Å². The van der Waals surface area contributed by atoms with Gasteiger partial charge in [-0.05, 0) is 58.8 Å². The third-order valence-corrected chi connectivity index (χ3v) is 14.6. The van der Waals surface area contributed by atoms with Crippen LogP contribution in [0.3, 0.4) is 0 Å². The minimum Gasteiger partial charge on any atom is -0.437 e. The smallest absolute Gasteiger partial charge is 0.437 e. The molecule has 0 radical (unpaired) electrons. The molecule has 0 amide bonds. The lowest BCUT2D eigenvalue weighted by Crippen LogP contribution is -2.58. The molecular formula is C12H34O4Si4. The molecule has 0 rings (SSSR count). The Balaban J connectivity index is 4.96. The predicted molar refractivity (Wildman–Crippen MR) is 95.3 cm³/mol. The van der Waals surface area contributed by atoms with Crippen LogP contribution in [0, 0.1) is 0 Å². The first-order chi connectivity index (χ1) is 8.68. The molecule has 0 aromatic rings. The van der Waals surface area contributed by atoms with Gasteiger partial charge in [-0.3, -0.25) is 0 Å². The van der Waals surface area contributed by atoms with Gasteiger partial charge in [-0.2, -0.15) is 0 Å². The van der Waals surface area contributed by atoms with Gasteiger partial charge in [0.1, 0.15) is 0 Å². The molecule has 0 saturated carbocycles. The average Bonchev–Trinajstić information content (AvgIpc) is 2.05. The molecule has 0 spiro atoms. The fraction of sp³-hybridized carbons (Fsp3) is 1.00. The van der Waals surface area contributed by atoms with Crippen molar-refractivity contribution in [2.24, 2.45) is 0 Å². The van der Waals surface area contributed by atoms with E-state index in [0.717, 1.165) is 6.42 Å². The van der Waals surface area contributed by atoms with Gasteiger partial charge in [0.25, 0.3) is 0 Å². The van der Waals surface area contributed by atoms with Gasteiger partial charge in [0.2, 0.25) is 0 Å². The zero-order chi connectivity index (χ0) is 16.2. The standard InChI is InChI=1S/C12H34O4Si4/c1-11-12-13-20(10,15-18(5,6)7)16-19(8,9)14-17(2,3)4/h11-12H2,1-10H3. The monoisotopic (exact) mass is 354 g/mol. The number of hydrogen-bond acceptors (Lipinski definition) is 4. The fourth-order valence-electron chi connectivity index (χ4n) is 2.13. The highest BCUT2D eigenvalue weighted by Crippen LogP contribution is 2.24. The molecule has 1 unspecified atom stereocenters.